The molecule has 3 nitrogen and oxygen atoms in total. The Kier molecular flexibility index (Phi) is 16.0. The summed E-state index contributed by atoms with van der Waals surface area (Å²) in [7, 11) is 0. The van der Waals surface area contributed by atoms with Crippen molar-refractivity contribution in [2.24, 2.45) is 0 Å². The lowest BCUT2D eigenvalue weighted by Gasteiger charge is -2.02. The first-order valence-corrected chi connectivity index (χ1v) is 7.47. The Labute approximate surface area is 112 Å². The second-order valence-electron chi connectivity index (χ2n) is 4.69. The van der Waals surface area contributed by atoms with Gasteiger partial charge in [0.05, 0.1) is 6.61 Å². The summed E-state index contributed by atoms with van der Waals surface area (Å²) >= 11 is 0. The molecule has 0 aromatic heterocycles. The molecule has 0 aliphatic heterocycles. The van der Waals surface area contributed by atoms with Crippen molar-refractivity contribution < 1.29 is 14.8 Å². The average molecular weight is 258 g/mol. The second-order valence-corrected chi connectivity index (χ2v) is 4.69. The van der Waals surface area contributed by atoms with Gasteiger partial charge in [0.2, 0.25) is 0 Å². The highest BCUT2D eigenvalue weighted by atomic mass is 17.5. The van der Waals surface area contributed by atoms with E-state index >= 15 is 0 Å². The topological polar surface area (TPSA) is 27.7 Å². The van der Waals surface area contributed by atoms with Gasteiger partial charge in [0.25, 0.3) is 0 Å². The van der Waals surface area contributed by atoms with Crippen molar-refractivity contribution in [3.8, 4) is 0 Å². The van der Waals surface area contributed by atoms with Crippen molar-refractivity contribution in [3.05, 3.63) is 12.8 Å². The zero-order valence-corrected chi connectivity index (χ0v) is 12.0. The summed E-state index contributed by atoms with van der Waals surface area (Å²) in [6, 6.07) is 0. The molecule has 3 heteroatoms. The maximum Gasteiger partial charge on any atom is 0.125 e. The molecule has 0 bridgehead atoms. The Morgan fingerprint density at radius 1 is 0.778 bits per heavy atom. The van der Waals surface area contributed by atoms with Gasteiger partial charge in [-0.05, 0) is 11.5 Å². The average Bonchev–Trinajstić information content (AvgIpc) is 2.39. The Morgan fingerprint density at radius 3 is 1.78 bits per heavy atom. The van der Waals surface area contributed by atoms with Gasteiger partial charge in [0.15, 0.2) is 0 Å². The molecule has 0 aliphatic rings. The molecule has 0 aliphatic carbocycles. The molecular formula is C15H30O3. The maximum atomic E-state index is 4.76. The monoisotopic (exact) mass is 258 g/mol. The van der Waals surface area contributed by atoms with Crippen LogP contribution in [0.5, 0.6) is 0 Å². The van der Waals surface area contributed by atoms with E-state index in [2.05, 4.69) is 23.4 Å². The van der Waals surface area contributed by atoms with E-state index in [9.17, 15) is 0 Å². The van der Waals surface area contributed by atoms with Gasteiger partial charge in [-0.15, -0.1) is 0 Å². The Balaban J connectivity index is 2.88. The second kappa shape index (κ2) is 16.5. The minimum absolute atomic E-state index is 0.588. The molecule has 0 spiro atoms. The third-order valence-electron chi connectivity index (χ3n) is 2.99. The number of unbranched alkanes of at least 4 members (excludes halogenated alkanes) is 10. The lowest BCUT2D eigenvalue weighted by Crippen LogP contribution is -1.95. The van der Waals surface area contributed by atoms with E-state index < -0.39 is 0 Å². The molecule has 0 saturated carbocycles. The van der Waals surface area contributed by atoms with Crippen LogP contribution >= 0.6 is 0 Å². The predicted octanol–water partition coefficient (Wildman–Crippen LogP) is 5.32. The molecular weight excluding hydrogens is 228 g/mol. The molecule has 0 atom stereocenters. The minimum atomic E-state index is 0.588. The quantitative estimate of drug-likeness (QED) is 0.172. The number of rotatable bonds is 15. The third-order valence-corrected chi connectivity index (χ3v) is 2.99. The van der Waals surface area contributed by atoms with Crippen molar-refractivity contribution in [2.75, 3.05) is 6.61 Å². The van der Waals surface area contributed by atoms with E-state index in [1.165, 1.54) is 70.5 Å². The van der Waals surface area contributed by atoms with Crippen LogP contribution in [-0.4, -0.2) is 6.61 Å². The van der Waals surface area contributed by atoms with Crippen LogP contribution in [0.25, 0.3) is 0 Å². The number of hydrogen-bond acceptors (Lipinski definition) is 3. The zero-order valence-electron chi connectivity index (χ0n) is 12.0. The molecule has 0 radical (unpaired) electrons. The van der Waals surface area contributed by atoms with E-state index in [0.29, 0.717) is 6.61 Å². The minimum Gasteiger partial charge on any atom is -0.317 e. The summed E-state index contributed by atoms with van der Waals surface area (Å²) in [5.74, 6) is 0. The normalized spacial score (nSPS) is 10.5. The molecule has 18 heavy (non-hydrogen) atoms. The van der Waals surface area contributed by atoms with E-state index in [0.717, 1.165) is 6.42 Å². The zero-order chi connectivity index (χ0) is 13.3. The Hall–Kier alpha value is -0.540. The van der Waals surface area contributed by atoms with Crippen LogP contribution in [0, 0.1) is 0 Å². The SMILES string of the molecule is C=COOOCCCCCCCCCCCCC. The largest absolute Gasteiger partial charge is 0.317 e. The first kappa shape index (κ1) is 17.5. The molecule has 0 N–H and O–H groups in total. The molecule has 0 aromatic carbocycles. The van der Waals surface area contributed by atoms with Gasteiger partial charge < -0.3 is 4.89 Å². The van der Waals surface area contributed by atoms with Crippen LogP contribution in [0.1, 0.15) is 77.6 Å². The third kappa shape index (κ3) is 15.5. The highest BCUT2D eigenvalue weighted by Crippen LogP contribution is 2.11. The first-order valence-electron chi connectivity index (χ1n) is 7.47. The molecule has 0 unspecified atom stereocenters. The van der Waals surface area contributed by atoms with E-state index in [-0.39, 0.29) is 0 Å². The summed E-state index contributed by atoms with van der Waals surface area (Å²) < 4.78 is 0. The van der Waals surface area contributed by atoms with Gasteiger partial charge >= 0.3 is 0 Å². The van der Waals surface area contributed by atoms with E-state index in [4.69, 9.17) is 4.89 Å². The standard InChI is InChI=1S/C15H30O3/c1-3-5-6-7-8-9-10-11-12-13-14-15-17-18-16-4-2/h4H,2-3,5-15H2,1H3. The van der Waals surface area contributed by atoms with Crippen LogP contribution in [-0.2, 0) is 14.8 Å². The van der Waals surface area contributed by atoms with Gasteiger partial charge in [-0.25, -0.2) is 0 Å². The lowest BCUT2D eigenvalue weighted by atomic mass is 10.1. The molecule has 0 aromatic rings. The van der Waals surface area contributed by atoms with Gasteiger partial charge in [0.1, 0.15) is 6.26 Å². The van der Waals surface area contributed by atoms with Crippen molar-refractivity contribution >= 4 is 0 Å². The van der Waals surface area contributed by atoms with Gasteiger partial charge in [0, 0.05) is 0 Å². The van der Waals surface area contributed by atoms with Crippen molar-refractivity contribution in [1.29, 1.82) is 0 Å². The molecule has 0 fully saturated rings. The van der Waals surface area contributed by atoms with Gasteiger partial charge in [-0.1, -0.05) is 77.7 Å². The fourth-order valence-electron chi connectivity index (χ4n) is 1.91. The van der Waals surface area contributed by atoms with Crippen LogP contribution in [0.4, 0.5) is 0 Å². The summed E-state index contributed by atoms with van der Waals surface area (Å²) in [5, 5.41) is 4.36. The van der Waals surface area contributed by atoms with Crippen LogP contribution in [0.3, 0.4) is 0 Å². The van der Waals surface area contributed by atoms with Crippen molar-refractivity contribution in [2.45, 2.75) is 77.6 Å². The van der Waals surface area contributed by atoms with Crippen molar-refractivity contribution in [3.63, 3.8) is 0 Å². The van der Waals surface area contributed by atoms with Crippen molar-refractivity contribution in [1.82, 2.24) is 0 Å². The van der Waals surface area contributed by atoms with E-state index in [1.807, 2.05) is 0 Å². The fourth-order valence-corrected chi connectivity index (χ4v) is 1.91. The first-order chi connectivity index (χ1) is 8.91. The van der Waals surface area contributed by atoms with E-state index in [1.54, 1.807) is 0 Å². The summed E-state index contributed by atoms with van der Waals surface area (Å²) in [5.41, 5.74) is 0. The highest BCUT2D eigenvalue weighted by Gasteiger charge is 1.93. The molecule has 108 valence electrons. The van der Waals surface area contributed by atoms with Gasteiger partial charge in [-0.2, -0.15) is 4.89 Å². The highest BCUT2D eigenvalue weighted by molar-refractivity contribution is 4.47. The predicted molar refractivity (Wildman–Crippen MR) is 74.8 cm³/mol. The lowest BCUT2D eigenvalue weighted by molar-refractivity contribution is -0.489. The summed E-state index contributed by atoms with van der Waals surface area (Å²) in [6.45, 7) is 6.18. The maximum absolute atomic E-state index is 4.76. The Morgan fingerprint density at radius 2 is 1.28 bits per heavy atom. The molecule has 0 rings (SSSR count). The summed E-state index contributed by atoms with van der Waals surface area (Å²) in [4.78, 5) is 9.14. The molecule has 0 heterocycles. The number of hydrogen-bond donors (Lipinski definition) is 0. The van der Waals surface area contributed by atoms with Crippen LogP contribution in [0.2, 0.25) is 0 Å². The van der Waals surface area contributed by atoms with Gasteiger partial charge in [-0.3, -0.25) is 0 Å². The fraction of sp³-hybridized carbons (Fsp3) is 0.867. The molecule has 0 amide bonds. The van der Waals surface area contributed by atoms with Crippen LogP contribution in [0.15, 0.2) is 12.8 Å². The smallest absolute Gasteiger partial charge is 0.125 e. The Bertz CT molecular complexity index is 160. The summed E-state index contributed by atoms with van der Waals surface area (Å²) in [6.07, 6.45) is 15.8. The van der Waals surface area contributed by atoms with Crippen LogP contribution < -0.4 is 0 Å². The molecule has 0 saturated heterocycles.